The average molecular weight is 263 g/mol. The number of nitrogens with zero attached hydrogens (tertiary/aromatic N) is 1. The Kier molecular flexibility index (Phi) is 5.07. The number of aliphatic hydroxyl groups is 1. The molecule has 104 valence electrons. The van der Waals surface area contributed by atoms with Gasteiger partial charge in [-0.1, -0.05) is 30.3 Å². The zero-order chi connectivity index (χ0) is 13.7. The van der Waals surface area contributed by atoms with Gasteiger partial charge in [-0.15, -0.1) is 0 Å². The van der Waals surface area contributed by atoms with Gasteiger partial charge in [0.2, 0.25) is 0 Å². The molecule has 2 atom stereocenters. The molecule has 0 aromatic heterocycles. The molecule has 1 N–H and O–H groups in total. The molecule has 0 unspecified atom stereocenters. The van der Waals surface area contributed by atoms with Crippen molar-refractivity contribution in [3.8, 4) is 0 Å². The molecule has 1 fully saturated rings. The number of benzene rings is 1. The van der Waals surface area contributed by atoms with Crippen molar-refractivity contribution in [2.75, 3.05) is 20.2 Å². The number of likely N-dealkylation sites (N-methyl/N-ethyl adjacent to an activating group) is 1. The monoisotopic (exact) mass is 263 g/mol. The summed E-state index contributed by atoms with van der Waals surface area (Å²) < 4.78 is 5.81. The fourth-order valence-electron chi connectivity index (χ4n) is 2.48. The lowest BCUT2D eigenvalue weighted by atomic mass is 10.2. The molecule has 0 spiro atoms. The van der Waals surface area contributed by atoms with Crippen LogP contribution in [-0.2, 0) is 16.1 Å². The second-order valence-electron chi connectivity index (χ2n) is 5.04. The van der Waals surface area contributed by atoms with Gasteiger partial charge in [0.05, 0.1) is 25.4 Å². The Morgan fingerprint density at radius 2 is 2.11 bits per heavy atom. The number of hydrogen-bond donors (Lipinski definition) is 1. The Morgan fingerprint density at radius 3 is 2.79 bits per heavy atom. The van der Waals surface area contributed by atoms with Crippen LogP contribution >= 0.6 is 0 Å². The summed E-state index contributed by atoms with van der Waals surface area (Å²) >= 11 is 0. The minimum Gasteiger partial charge on any atom is -0.395 e. The molecule has 1 aromatic carbocycles. The van der Waals surface area contributed by atoms with Crippen LogP contribution in [0.25, 0.3) is 0 Å². The normalized spacial score (nSPS) is 23.2. The van der Waals surface area contributed by atoms with Crippen LogP contribution in [0.3, 0.4) is 0 Å². The molecular formula is C15H21NO3. The molecule has 1 aromatic rings. The molecule has 0 amide bonds. The van der Waals surface area contributed by atoms with Gasteiger partial charge in [-0.05, 0) is 19.0 Å². The first kappa shape index (κ1) is 14.2. The average Bonchev–Trinajstić information content (AvgIpc) is 2.79. The number of ketones is 1. The van der Waals surface area contributed by atoms with E-state index < -0.39 is 0 Å². The first-order chi connectivity index (χ1) is 9.20. The molecule has 0 saturated heterocycles. The van der Waals surface area contributed by atoms with Crippen LogP contribution < -0.4 is 0 Å². The highest BCUT2D eigenvalue weighted by molar-refractivity contribution is 5.86. The zero-order valence-corrected chi connectivity index (χ0v) is 11.3. The Hall–Kier alpha value is -1.23. The lowest BCUT2D eigenvalue weighted by Crippen LogP contribution is -2.36. The first-order valence-corrected chi connectivity index (χ1v) is 6.70. The van der Waals surface area contributed by atoms with E-state index in [1.165, 1.54) is 0 Å². The maximum Gasteiger partial charge on any atom is 0.152 e. The molecule has 0 radical (unpaired) electrons. The molecule has 4 heteroatoms. The second-order valence-corrected chi connectivity index (χ2v) is 5.04. The highest BCUT2D eigenvalue weighted by atomic mass is 16.5. The van der Waals surface area contributed by atoms with E-state index in [1.807, 2.05) is 42.3 Å². The van der Waals surface area contributed by atoms with Crippen LogP contribution in [0.4, 0.5) is 0 Å². The minimum absolute atomic E-state index is 0.00107. The van der Waals surface area contributed by atoms with Crippen molar-refractivity contribution < 1.29 is 14.6 Å². The van der Waals surface area contributed by atoms with Crippen LogP contribution in [0.2, 0.25) is 0 Å². The summed E-state index contributed by atoms with van der Waals surface area (Å²) in [4.78, 5) is 13.8. The maximum atomic E-state index is 11.9. The van der Waals surface area contributed by atoms with Crippen LogP contribution in [0, 0.1) is 0 Å². The molecular weight excluding hydrogens is 242 g/mol. The van der Waals surface area contributed by atoms with Gasteiger partial charge in [0.1, 0.15) is 0 Å². The SMILES string of the molecule is CN(CCO)[C@@H]1C[C@@H](OCc2ccccc2)CC1=O. The zero-order valence-electron chi connectivity index (χ0n) is 11.3. The summed E-state index contributed by atoms with van der Waals surface area (Å²) in [7, 11) is 1.87. The number of Topliss-reactive ketones (excluding diaryl/α,β-unsaturated/α-hetero) is 1. The quantitative estimate of drug-likeness (QED) is 0.838. The molecule has 19 heavy (non-hydrogen) atoms. The number of ether oxygens (including phenoxy) is 1. The summed E-state index contributed by atoms with van der Waals surface area (Å²) in [6, 6.07) is 9.88. The molecule has 0 bridgehead atoms. The van der Waals surface area contributed by atoms with Crippen molar-refractivity contribution in [2.45, 2.75) is 31.6 Å². The van der Waals surface area contributed by atoms with Gasteiger partial charge in [-0.25, -0.2) is 0 Å². The molecule has 2 rings (SSSR count). The Balaban J connectivity index is 1.82. The third-order valence-corrected chi connectivity index (χ3v) is 3.60. The van der Waals surface area contributed by atoms with E-state index in [4.69, 9.17) is 9.84 Å². The third kappa shape index (κ3) is 3.86. The van der Waals surface area contributed by atoms with Gasteiger partial charge < -0.3 is 9.84 Å². The van der Waals surface area contributed by atoms with E-state index in [2.05, 4.69) is 0 Å². The first-order valence-electron chi connectivity index (χ1n) is 6.70. The maximum absolute atomic E-state index is 11.9. The van der Waals surface area contributed by atoms with Crippen molar-refractivity contribution in [3.63, 3.8) is 0 Å². The van der Waals surface area contributed by atoms with Crippen molar-refractivity contribution in [1.82, 2.24) is 4.90 Å². The summed E-state index contributed by atoms with van der Waals surface area (Å²) in [5, 5.41) is 8.92. The Morgan fingerprint density at radius 1 is 1.37 bits per heavy atom. The standard InChI is InChI=1S/C15H21NO3/c1-16(7-8-17)14-9-13(10-15(14)18)19-11-12-5-3-2-4-6-12/h2-6,13-14,17H,7-11H2,1H3/t13-,14-/m1/s1. The Labute approximate surface area is 114 Å². The highest BCUT2D eigenvalue weighted by Gasteiger charge is 2.35. The largest absolute Gasteiger partial charge is 0.395 e. The Bertz CT molecular complexity index is 407. The number of aliphatic hydroxyl groups excluding tert-OH is 1. The van der Waals surface area contributed by atoms with E-state index in [0.717, 1.165) is 12.0 Å². The van der Waals surface area contributed by atoms with Crippen molar-refractivity contribution in [2.24, 2.45) is 0 Å². The van der Waals surface area contributed by atoms with Crippen LogP contribution in [0.1, 0.15) is 18.4 Å². The predicted octanol–water partition coefficient (Wildman–Crippen LogP) is 1.23. The van der Waals surface area contributed by atoms with Gasteiger partial charge in [0.15, 0.2) is 5.78 Å². The van der Waals surface area contributed by atoms with E-state index in [1.54, 1.807) is 0 Å². The number of carbonyl (C=O) groups excluding carboxylic acids is 1. The second kappa shape index (κ2) is 6.80. The predicted molar refractivity (Wildman–Crippen MR) is 72.8 cm³/mol. The lowest BCUT2D eigenvalue weighted by molar-refractivity contribution is -0.122. The topological polar surface area (TPSA) is 49.8 Å². The number of carbonyl (C=O) groups is 1. The highest BCUT2D eigenvalue weighted by Crippen LogP contribution is 2.23. The summed E-state index contributed by atoms with van der Waals surface area (Å²) in [6.07, 6.45) is 1.20. The molecule has 1 aliphatic carbocycles. The van der Waals surface area contributed by atoms with E-state index in [0.29, 0.717) is 19.6 Å². The van der Waals surface area contributed by atoms with Gasteiger partial charge in [-0.3, -0.25) is 9.69 Å². The van der Waals surface area contributed by atoms with Gasteiger partial charge in [-0.2, -0.15) is 0 Å². The van der Waals surface area contributed by atoms with Crippen LogP contribution in [0.5, 0.6) is 0 Å². The molecule has 0 heterocycles. The van der Waals surface area contributed by atoms with Crippen molar-refractivity contribution in [3.05, 3.63) is 35.9 Å². The summed E-state index contributed by atoms with van der Waals surface area (Å²) in [5.41, 5.74) is 1.13. The summed E-state index contributed by atoms with van der Waals surface area (Å²) in [6.45, 7) is 1.16. The summed E-state index contributed by atoms with van der Waals surface area (Å²) in [5.74, 6) is 0.217. The van der Waals surface area contributed by atoms with E-state index in [-0.39, 0.29) is 24.5 Å². The molecule has 1 saturated carbocycles. The molecule has 0 aliphatic heterocycles. The van der Waals surface area contributed by atoms with Crippen LogP contribution in [0.15, 0.2) is 30.3 Å². The number of rotatable bonds is 6. The fourth-order valence-corrected chi connectivity index (χ4v) is 2.48. The van der Waals surface area contributed by atoms with Crippen LogP contribution in [-0.4, -0.2) is 48.1 Å². The van der Waals surface area contributed by atoms with Crippen molar-refractivity contribution >= 4 is 5.78 Å². The third-order valence-electron chi connectivity index (χ3n) is 3.60. The number of hydrogen-bond acceptors (Lipinski definition) is 4. The van der Waals surface area contributed by atoms with Gasteiger partial charge >= 0.3 is 0 Å². The van der Waals surface area contributed by atoms with Crippen molar-refractivity contribution in [1.29, 1.82) is 0 Å². The molecule has 1 aliphatic rings. The molecule has 4 nitrogen and oxygen atoms in total. The minimum atomic E-state index is -0.104. The van der Waals surface area contributed by atoms with E-state index in [9.17, 15) is 4.79 Å². The lowest BCUT2D eigenvalue weighted by Gasteiger charge is -2.21. The fraction of sp³-hybridized carbons (Fsp3) is 0.533. The van der Waals surface area contributed by atoms with E-state index >= 15 is 0 Å². The smallest absolute Gasteiger partial charge is 0.152 e. The van der Waals surface area contributed by atoms with Gasteiger partial charge in [0.25, 0.3) is 0 Å². The van der Waals surface area contributed by atoms with Gasteiger partial charge in [0, 0.05) is 13.0 Å².